The lowest BCUT2D eigenvalue weighted by molar-refractivity contribution is -0.134. The van der Waals surface area contributed by atoms with Gasteiger partial charge in [0.2, 0.25) is 17.8 Å². The van der Waals surface area contributed by atoms with Gasteiger partial charge in [-0.1, -0.05) is 18.2 Å². The topological polar surface area (TPSA) is 80.3 Å². The molecule has 9 nitrogen and oxygen atoms in total. The van der Waals surface area contributed by atoms with Gasteiger partial charge in [-0.25, -0.2) is 4.98 Å². The van der Waals surface area contributed by atoms with Gasteiger partial charge in [0.25, 0.3) is 0 Å². The molecular formula is C27H31N5O4S. The number of rotatable bonds is 7. The highest BCUT2D eigenvalue weighted by atomic mass is 32.1. The average molecular weight is 522 g/mol. The third-order valence-electron chi connectivity index (χ3n) is 7.26. The van der Waals surface area contributed by atoms with Crippen LogP contribution in [0.2, 0.25) is 0 Å². The molecule has 3 aromatic rings. The molecule has 194 valence electrons. The molecular weight excluding hydrogens is 490 g/mol. The second-order valence-corrected chi connectivity index (χ2v) is 10.4. The van der Waals surface area contributed by atoms with Crippen LogP contribution in [0.3, 0.4) is 0 Å². The Morgan fingerprint density at radius 3 is 2.78 bits per heavy atom. The number of ether oxygens (including phenoxy) is 3. The smallest absolute Gasteiger partial charge is 0.245 e. The number of hydrogen-bond donors (Lipinski definition) is 0. The molecule has 3 aliphatic rings. The molecule has 1 amide bonds. The molecule has 1 atom stereocenters. The highest BCUT2D eigenvalue weighted by molar-refractivity contribution is 7.09. The number of amides is 1. The number of anilines is 1. The van der Waals surface area contributed by atoms with Gasteiger partial charge in [0, 0.05) is 57.2 Å². The number of carbonyl (C=O) groups excluding carboxylic acids is 1. The zero-order valence-electron chi connectivity index (χ0n) is 21.0. The Morgan fingerprint density at radius 2 is 1.92 bits per heavy atom. The highest BCUT2D eigenvalue weighted by Gasteiger charge is 2.36. The predicted molar refractivity (Wildman–Crippen MR) is 140 cm³/mol. The Morgan fingerprint density at radius 1 is 1.05 bits per heavy atom. The summed E-state index contributed by atoms with van der Waals surface area (Å²) in [4.78, 5) is 24.9. The average Bonchev–Trinajstić information content (AvgIpc) is 3.69. The van der Waals surface area contributed by atoms with E-state index in [0.29, 0.717) is 13.2 Å². The predicted octanol–water partition coefficient (Wildman–Crippen LogP) is 3.18. The zero-order valence-corrected chi connectivity index (χ0v) is 21.8. The van der Waals surface area contributed by atoms with Crippen LogP contribution >= 0.6 is 11.5 Å². The quantitative estimate of drug-likeness (QED) is 0.469. The molecule has 4 heterocycles. The third-order valence-corrected chi connectivity index (χ3v) is 8.06. The summed E-state index contributed by atoms with van der Waals surface area (Å²) in [6.07, 6.45) is 2.50. The van der Waals surface area contributed by atoms with Gasteiger partial charge in [-0.3, -0.25) is 9.69 Å². The number of piperazine rings is 1. The molecule has 0 aliphatic carbocycles. The summed E-state index contributed by atoms with van der Waals surface area (Å²) in [5.41, 5.74) is 2.31. The van der Waals surface area contributed by atoms with Crippen molar-refractivity contribution in [2.75, 3.05) is 51.5 Å². The molecule has 1 aromatic heterocycles. The fourth-order valence-corrected chi connectivity index (χ4v) is 6.05. The van der Waals surface area contributed by atoms with Gasteiger partial charge in [0.1, 0.15) is 17.6 Å². The molecule has 3 aliphatic heterocycles. The largest absolute Gasteiger partial charge is 0.497 e. The van der Waals surface area contributed by atoms with Gasteiger partial charge in [-0.2, -0.15) is 4.37 Å². The molecule has 1 unspecified atom stereocenters. The van der Waals surface area contributed by atoms with Crippen molar-refractivity contribution in [2.24, 2.45) is 0 Å². The lowest BCUT2D eigenvalue weighted by Crippen LogP contribution is -2.53. The summed E-state index contributed by atoms with van der Waals surface area (Å²) in [5, 5.41) is 0.843. The highest BCUT2D eigenvalue weighted by Crippen LogP contribution is 2.33. The van der Waals surface area contributed by atoms with Crippen molar-refractivity contribution in [2.45, 2.75) is 31.8 Å². The summed E-state index contributed by atoms with van der Waals surface area (Å²) in [7, 11) is 1.67. The number of benzene rings is 2. The maximum Gasteiger partial charge on any atom is 0.245 e. The first-order chi connectivity index (χ1) is 18.2. The summed E-state index contributed by atoms with van der Waals surface area (Å²) in [6, 6.07) is 13.9. The van der Waals surface area contributed by atoms with Crippen molar-refractivity contribution in [3.63, 3.8) is 0 Å². The van der Waals surface area contributed by atoms with E-state index < -0.39 is 0 Å². The van der Waals surface area contributed by atoms with Crippen LogP contribution in [0.1, 0.15) is 29.8 Å². The fourth-order valence-electron chi connectivity index (χ4n) is 5.29. The van der Waals surface area contributed by atoms with Crippen LogP contribution in [-0.2, 0) is 17.8 Å². The van der Waals surface area contributed by atoms with E-state index in [1.807, 2.05) is 29.2 Å². The normalized spacial score (nSPS) is 19.4. The van der Waals surface area contributed by atoms with E-state index in [1.165, 1.54) is 17.1 Å². The van der Waals surface area contributed by atoms with Crippen LogP contribution in [0, 0.1) is 0 Å². The first-order valence-corrected chi connectivity index (χ1v) is 13.6. The summed E-state index contributed by atoms with van der Waals surface area (Å²) in [5.74, 6) is 3.45. The van der Waals surface area contributed by atoms with Crippen LogP contribution in [0.5, 0.6) is 17.2 Å². The minimum absolute atomic E-state index is 0.155. The monoisotopic (exact) mass is 521 g/mol. The van der Waals surface area contributed by atoms with Crippen molar-refractivity contribution >= 4 is 22.6 Å². The van der Waals surface area contributed by atoms with Crippen molar-refractivity contribution in [3.8, 4) is 17.2 Å². The first-order valence-electron chi connectivity index (χ1n) is 12.8. The van der Waals surface area contributed by atoms with Crippen molar-refractivity contribution in [1.29, 1.82) is 0 Å². The number of hydrogen-bond acceptors (Lipinski definition) is 9. The standard InChI is InChI=1S/C27H31N5O4S/c1-34-21-5-2-4-19(14-21)16-25-28-27(37-29-25)32-9-3-6-22(32)26(33)31-12-10-30(11-13-31)17-20-7-8-23-24(15-20)36-18-35-23/h2,4-5,7-8,14-15,22H,3,6,9-13,16-18H2,1H3. The molecule has 6 rings (SSSR count). The van der Waals surface area contributed by atoms with E-state index in [4.69, 9.17) is 19.2 Å². The maximum atomic E-state index is 13.5. The maximum absolute atomic E-state index is 13.5. The van der Waals surface area contributed by atoms with Crippen LogP contribution in [0.25, 0.3) is 0 Å². The number of aromatic nitrogens is 2. The van der Waals surface area contributed by atoms with Gasteiger partial charge >= 0.3 is 0 Å². The summed E-state index contributed by atoms with van der Waals surface area (Å²) in [6.45, 7) is 5.17. The number of methoxy groups -OCH3 is 1. The van der Waals surface area contributed by atoms with Crippen LogP contribution in [-0.4, -0.2) is 77.7 Å². The molecule has 2 saturated heterocycles. The first kappa shape index (κ1) is 24.0. The molecule has 0 radical (unpaired) electrons. The van der Waals surface area contributed by atoms with Crippen molar-refractivity contribution < 1.29 is 19.0 Å². The molecule has 37 heavy (non-hydrogen) atoms. The molecule has 10 heteroatoms. The Labute approximate surface area is 220 Å². The second-order valence-electron chi connectivity index (χ2n) is 9.66. The third kappa shape index (κ3) is 5.21. The number of carbonyl (C=O) groups is 1. The molecule has 0 bridgehead atoms. The molecule has 2 aromatic carbocycles. The van der Waals surface area contributed by atoms with E-state index >= 15 is 0 Å². The summed E-state index contributed by atoms with van der Waals surface area (Å²) >= 11 is 1.39. The summed E-state index contributed by atoms with van der Waals surface area (Å²) < 4.78 is 20.8. The van der Waals surface area contributed by atoms with Gasteiger partial charge in [-0.15, -0.1) is 0 Å². The second kappa shape index (κ2) is 10.5. The fraction of sp³-hybridized carbons (Fsp3) is 0.444. The Bertz CT molecular complexity index is 1260. The van der Waals surface area contributed by atoms with Gasteiger partial charge in [0.05, 0.1) is 7.11 Å². The van der Waals surface area contributed by atoms with E-state index in [2.05, 4.69) is 32.4 Å². The lowest BCUT2D eigenvalue weighted by Gasteiger charge is -2.37. The van der Waals surface area contributed by atoms with Crippen LogP contribution in [0.4, 0.5) is 5.13 Å². The van der Waals surface area contributed by atoms with Crippen LogP contribution < -0.4 is 19.1 Å². The molecule has 0 spiro atoms. The van der Waals surface area contributed by atoms with Gasteiger partial charge < -0.3 is 24.0 Å². The minimum atomic E-state index is -0.155. The Balaban J connectivity index is 1.05. The number of nitrogens with zero attached hydrogens (tertiary/aromatic N) is 5. The van der Waals surface area contributed by atoms with Crippen molar-refractivity contribution in [1.82, 2.24) is 19.2 Å². The molecule has 0 N–H and O–H groups in total. The minimum Gasteiger partial charge on any atom is -0.497 e. The van der Waals surface area contributed by atoms with Gasteiger partial charge in [-0.05, 0) is 48.2 Å². The Kier molecular flexibility index (Phi) is 6.84. The van der Waals surface area contributed by atoms with E-state index in [9.17, 15) is 4.79 Å². The van der Waals surface area contributed by atoms with E-state index in [-0.39, 0.29) is 11.9 Å². The van der Waals surface area contributed by atoms with Crippen LogP contribution in [0.15, 0.2) is 42.5 Å². The molecule has 0 saturated carbocycles. The van der Waals surface area contributed by atoms with E-state index in [1.54, 1.807) is 7.11 Å². The van der Waals surface area contributed by atoms with Gasteiger partial charge in [0.15, 0.2) is 11.5 Å². The lowest BCUT2D eigenvalue weighted by atomic mass is 10.1. The van der Waals surface area contributed by atoms with E-state index in [0.717, 1.165) is 85.9 Å². The molecule has 2 fully saturated rings. The number of fused-ring (bicyclic) bond motifs is 1. The zero-order chi connectivity index (χ0) is 25.2. The van der Waals surface area contributed by atoms with Crippen molar-refractivity contribution in [3.05, 3.63) is 59.4 Å². The Hall–Kier alpha value is -3.37. The SMILES string of the molecule is COc1cccc(Cc2nsc(N3CCCC3C(=O)N3CCN(Cc4ccc5c(c4)OCO5)CC3)n2)c1.